The summed E-state index contributed by atoms with van der Waals surface area (Å²) in [7, 11) is 0. The molecule has 1 N–H and O–H groups in total. The van der Waals surface area contributed by atoms with Crippen LogP contribution in [0.5, 0.6) is 0 Å². The van der Waals surface area contributed by atoms with Crippen LogP contribution in [0.2, 0.25) is 0 Å². The number of anilines is 1. The Labute approximate surface area is 160 Å². The van der Waals surface area contributed by atoms with Gasteiger partial charge >= 0.3 is 0 Å². The number of hydrogen-bond donors (Lipinski definition) is 1. The molecule has 0 bridgehead atoms. The Kier molecular flexibility index (Phi) is 5.05. The molecule has 0 spiro atoms. The van der Waals surface area contributed by atoms with E-state index < -0.39 is 11.5 Å². The van der Waals surface area contributed by atoms with Gasteiger partial charge in [0.15, 0.2) is 0 Å². The standard InChI is InChI=1S/C22H27N3O2/c1-14-10-15(2)12-18(11-14)25-9-8-19(21(25)27)20(26)24-22(4,5)17-7-6-16(3)23-13-17/h6-7,10-13,19H,8-9H2,1-5H3,(H,24,26). The zero-order valence-corrected chi connectivity index (χ0v) is 16.7. The van der Waals surface area contributed by atoms with Crippen molar-refractivity contribution in [2.24, 2.45) is 5.92 Å². The number of aryl methyl sites for hydroxylation is 3. The predicted molar refractivity (Wildman–Crippen MR) is 107 cm³/mol. The number of carbonyl (C=O) groups excluding carboxylic acids is 2. The summed E-state index contributed by atoms with van der Waals surface area (Å²) in [6.45, 7) is 10.4. The highest BCUT2D eigenvalue weighted by Gasteiger charge is 2.39. The minimum Gasteiger partial charge on any atom is -0.346 e. The molecule has 0 radical (unpaired) electrons. The van der Waals surface area contributed by atoms with Crippen molar-refractivity contribution in [3.05, 3.63) is 58.9 Å². The summed E-state index contributed by atoms with van der Waals surface area (Å²) < 4.78 is 0. The Morgan fingerprint density at radius 2 is 1.81 bits per heavy atom. The molecule has 1 aromatic carbocycles. The van der Waals surface area contributed by atoms with Gasteiger partial charge in [0, 0.05) is 24.1 Å². The van der Waals surface area contributed by atoms with E-state index >= 15 is 0 Å². The molecule has 5 heteroatoms. The lowest BCUT2D eigenvalue weighted by Crippen LogP contribution is -2.46. The molecule has 1 unspecified atom stereocenters. The number of amides is 2. The molecular weight excluding hydrogens is 338 g/mol. The minimum atomic E-state index is -0.650. The molecule has 1 aliphatic heterocycles. The van der Waals surface area contributed by atoms with Gasteiger partial charge in [0.1, 0.15) is 5.92 Å². The minimum absolute atomic E-state index is 0.129. The Morgan fingerprint density at radius 1 is 1.15 bits per heavy atom. The number of carbonyl (C=O) groups is 2. The third kappa shape index (κ3) is 4.02. The molecule has 2 aromatic rings. The second-order valence-corrected chi connectivity index (χ2v) is 7.98. The van der Waals surface area contributed by atoms with Crippen LogP contribution in [-0.4, -0.2) is 23.3 Å². The van der Waals surface area contributed by atoms with Crippen molar-refractivity contribution in [2.45, 2.75) is 46.6 Å². The molecule has 0 saturated carbocycles. The second kappa shape index (κ2) is 7.14. The summed E-state index contributed by atoms with van der Waals surface area (Å²) in [5.41, 5.74) is 4.34. The molecule has 0 aliphatic carbocycles. The summed E-state index contributed by atoms with van der Waals surface area (Å²) >= 11 is 0. The molecule has 27 heavy (non-hydrogen) atoms. The number of benzene rings is 1. The summed E-state index contributed by atoms with van der Waals surface area (Å²) in [5, 5.41) is 3.03. The molecule has 2 heterocycles. The smallest absolute Gasteiger partial charge is 0.239 e. The summed E-state index contributed by atoms with van der Waals surface area (Å²) in [5.74, 6) is -1.00. The molecule has 5 nitrogen and oxygen atoms in total. The van der Waals surface area contributed by atoms with Crippen molar-refractivity contribution in [2.75, 3.05) is 11.4 Å². The summed E-state index contributed by atoms with van der Waals surface area (Å²) in [6, 6.07) is 9.94. The van der Waals surface area contributed by atoms with E-state index in [2.05, 4.69) is 16.4 Å². The molecular formula is C22H27N3O2. The number of pyridine rings is 1. The maximum atomic E-state index is 12.9. The van der Waals surface area contributed by atoms with Crippen LogP contribution < -0.4 is 10.2 Å². The molecule has 1 aromatic heterocycles. The fraction of sp³-hybridized carbons (Fsp3) is 0.409. The number of nitrogens with one attached hydrogen (secondary N) is 1. The van der Waals surface area contributed by atoms with Gasteiger partial charge in [0.2, 0.25) is 11.8 Å². The third-order valence-electron chi connectivity index (χ3n) is 5.11. The van der Waals surface area contributed by atoms with Crippen LogP contribution in [0.1, 0.15) is 42.7 Å². The molecule has 3 rings (SSSR count). The lowest BCUT2D eigenvalue weighted by atomic mass is 9.94. The van der Waals surface area contributed by atoms with Crippen LogP contribution in [0.4, 0.5) is 5.69 Å². The van der Waals surface area contributed by atoms with E-state index in [9.17, 15) is 9.59 Å². The Bertz CT molecular complexity index is 851. The van der Waals surface area contributed by atoms with Gasteiger partial charge in [-0.05, 0) is 75.9 Å². The van der Waals surface area contributed by atoms with Gasteiger partial charge in [-0.2, -0.15) is 0 Å². The van der Waals surface area contributed by atoms with E-state index in [1.807, 2.05) is 58.9 Å². The topological polar surface area (TPSA) is 62.3 Å². The van der Waals surface area contributed by atoms with E-state index in [0.29, 0.717) is 13.0 Å². The predicted octanol–water partition coefficient (Wildman–Crippen LogP) is 3.41. The number of rotatable bonds is 4. The van der Waals surface area contributed by atoms with Crippen LogP contribution in [0.25, 0.3) is 0 Å². The number of nitrogens with zero attached hydrogens (tertiary/aromatic N) is 2. The van der Waals surface area contributed by atoms with Gasteiger partial charge < -0.3 is 10.2 Å². The molecule has 1 atom stereocenters. The van der Waals surface area contributed by atoms with E-state index in [1.54, 1.807) is 11.1 Å². The first-order valence-corrected chi connectivity index (χ1v) is 9.32. The van der Waals surface area contributed by atoms with Crippen molar-refractivity contribution in [3.8, 4) is 0 Å². The Balaban J connectivity index is 1.74. The highest BCUT2D eigenvalue weighted by Crippen LogP contribution is 2.28. The molecule has 142 valence electrons. The summed E-state index contributed by atoms with van der Waals surface area (Å²) in [6.07, 6.45) is 2.30. The van der Waals surface area contributed by atoms with E-state index in [-0.39, 0.29) is 11.8 Å². The van der Waals surface area contributed by atoms with Crippen LogP contribution >= 0.6 is 0 Å². The fourth-order valence-corrected chi connectivity index (χ4v) is 3.59. The third-order valence-corrected chi connectivity index (χ3v) is 5.11. The van der Waals surface area contributed by atoms with Crippen LogP contribution in [0.15, 0.2) is 36.5 Å². The van der Waals surface area contributed by atoms with E-state index in [1.165, 1.54) is 0 Å². The zero-order chi connectivity index (χ0) is 19.8. The first-order chi connectivity index (χ1) is 12.7. The fourth-order valence-electron chi connectivity index (χ4n) is 3.59. The molecule has 1 fully saturated rings. The number of aromatic nitrogens is 1. The van der Waals surface area contributed by atoms with E-state index in [4.69, 9.17) is 0 Å². The Morgan fingerprint density at radius 3 is 2.41 bits per heavy atom. The van der Waals surface area contributed by atoms with Gasteiger partial charge in [-0.1, -0.05) is 12.1 Å². The van der Waals surface area contributed by atoms with Crippen LogP contribution in [0, 0.1) is 26.7 Å². The van der Waals surface area contributed by atoms with Crippen molar-refractivity contribution in [1.82, 2.24) is 10.3 Å². The largest absolute Gasteiger partial charge is 0.346 e. The first-order valence-electron chi connectivity index (χ1n) is 9.32. The average Bonchev–Trinajstić information content (AvgIpc) is 2.95. The van der Waals surface area contributed by atoms with Gasteiger partial charge in [0.25, 0.3) is 0 Å². The number of hydrogen-bond acceptors (Lipinski definition) is 3. The summed E-state index contributed by atoms with van der Waals surface area (Å²) in [4.78, 5) is 31.8. The van der Waals surface area contributed by atoms with Gasteiger partial charge in [-0.3, -0.25) is 14.6 Å². The van der Waals surface area contributed by atoms with Gasteiger partial charge in [0.05, 0.1) is 5.54 Å². The first kappa shape index (κ1) is 19.1. The monoisotopic (exact) mass is 365 g/mol. The quantitative estimate of drug-likeness (QED) is 0.845. The molecule has 2 amide bonds. The SMILES string of the molecule is Cc1cc(C)cc(N2CCC(C(=O)NC(C)(C)c3ccc(C)nc3)C2=O)c1. The van der Waals surface area contributed by atoms with Crippen molar-refractivity contribution < 1.29 is 9.59 Å². The molecule has 1 aliphatic rings. The second-order valence-electron chi connectivity index (χ2n) is 7.98. The van der Waals surface area contributed by atoms with Crippen LogP contribution in [0.3, 0.4) is 0 Å². The van der Waals surface area contributed by atoms with Crippen molar-refractivity contribution >= 4 is 17.5 Å². The highest BCUT2D eigenvalue weighted by molar-refractivity contribution is 6.09. The normalized spacial score (nSPS) is 17.3. The lowest BCUT2D eigenvalue weighted by molar-refractivity contribution is -0.133. The lowest BCUT2D eigenvalue weighted by Gasteiger charge is -2.28. The highest BCUT2D eigenvalue weighted by atomic mass is 16.2. The maximum absolute atomic E-state index is 12.9. The average molecular weight is 365 g/mol. The van der Waals surface area contributed by atoms with Gasteiger partial charge in [-0.15, -0.1) is 0 Å². The van der Waals surface area contributed by atoms with Gasteiger partial charge in [-0.25, -0.2) is 0 Å². The molecule has 1 saturated heterocycles. The maximum Gasteiger partial charge on any atom is 0.239 e. The Hall–Kier alpha value is -2.69. The van der Waals surface area contributed by atoms with Crippen molar-refractivity contribution in [1.29, 1.82) is 0 Å². The van der Waals surface area contributed by atoms with Crippen molar-refractivity contribution in [3.63, 3.8) is 0 Å². The van der Waals surface area contributed by atoms with Crippen LogP contribution in [-0.2, 0) is 15.1 Å². The zero-order valence-electron chi connectivity index (χ0n) is 16.7. The van der Waals surface area contributed by atoms with E-state index in [0.717, 1.165) is 28.1 Å².